The predicted octanol–water partition coefficient (Wildman–Crippen LogP) is 2.26. The van der Waals surface area contributed by atoms with Crippen LogP contribution in [0.5, 0.6) is 0 Å². The van der Waals surface area contributed by atoms with Gasteiger partial charge in [0.1, 0.15) is 6.10 Å². The zero-order valence-electron chi connectivity index (χ0n) is 6.35. The van der Waals surface area contributed by atoms with Gasteiger partial charge in [-0.1, -0.05) is 12.1 Å². The minimum Gasteiger partial charge on any atom is -0.382 e. The van der Waals surface area contributed by atoms with E-state index in [-0.39, 0.29) is 0 Å². The van der Waals surface area contributed by atoms with Gasteiger partial charge in [0.2, 0.25) is 0 Å². The molecule has 1 atom stereocenters. The molecule has 1 N–H and O–H groups in total. The molecule has 0 aliphatic rings. The maximum Gasteiger partial charge on any atom is 0.268 e. The summed E-state index contributed by atoms with van der Waals surface area (Å²) in [7, 11) is 0. The molecule has 0 radical (unpaired) electrons. The minimum absolute atomic E-state index is 0.727. The predicted molar refractivity (Wildman–Crippen MR) is 37.3 cm³/mol. The second kappa shape index (κ2) is 3.74. The first-order valence-electron chi connectivity index (χ1n) is 3.44. The van der Waals surface area contributed by atoms with Gasteiger partial charge in [-0.15, -0.1) is 0 Å². The van der Waals surface area contributed by atoms with Gasteiger partial charge >= 0.3 is 0 Å². The molecule has 0 aromatic heterocycles. The normalized spacial score (nSPS) is 13.4. The molecule has 13 heavy (non-hydrogen) atoms. The summed E-state index contributed by atoms with van der Waals surface area (Å²) < 4.78 is 49.0. The number of hydrogen-bond donors (Lipinski definition) is 1. The summed E-state index contributed by atoms with van der Waals surface area (Å²) >= 11 is 0. The standard InChI is InChI=1S/C8H6F4O/c9-5-3-1-2-4(6(5)10)7(13)8(11)12/h1-3,7-8,13H/t7-/m0/s1. The fourth-order valence-electron chi connectivity index (χ4n) is 0.885. The number of alkyl halides is 2. The number of aliphatic hydroxyl groups is 1. The van der Waals surface area contributed by atoms with Crippen molar-refractivity contribution >= 4 is 0 Å². The Hall–Kier alpha value is -1.10. The Morgan fingerprint density at radius 2 is 1.77 bits per heavy atom. The van der Waals surface area contributed by atoms with Crippen molar-refractivity contribution in [2.45, 2.75) is 12.5 Å². The molecule has 0 bridgehead atoms. The van der Waals surface area contributed by atoms with E-state index in [9.17, 15) is 17.6 Å². The molecule has 0 amide bonds. The molecule has 0 heterocycles. The molecule has 1 aromatic carbocycles. The third-order valence-corrected chi connectivity index (χ3v) is 1.54. The van der Waals surface area contributed by atoms with Gasteiger partial charge in [-0.25, -0.2) is 17.6 Å². The zero-order chi connectivity index (χ0) is 10.0. The number of benzene rings is 1. The van der Waals surface area contributed by atoms with Crippen LogP contribution < -0.4 is 0 Å². The van der Waals surface area contributed by atoms with Crippen molar-refractivity contribution in [1.82, 2.24) is 0 Å². The van der Waals surface area contributed by atoms with Gasteiger partial charge in [0, 0.05) is 5.56 Å². The van der Waals surface area contributed by atoms with E-state index in [1.165, 1.54) is 0 Å². The van der Waals surface area contributed by atoms with E-state index in [4.69, 9.17) is 5.11 Å². The lowest BCUT2D eigenvalue weighted by molar-refractivity contribution is -0.00803. The first-order chi connectivity index (χ1) is 6.04. The number of hydrogen-bond acceptors (Lipinski definition) is 1. The molecule has 1 aromatic rings. The van der Waals surface area contributed by atoms with Crippen LogP contribution in [0.3, 0.4) is 0 Å². The van der Waals surface area contributed by atoms with Crippen LogP contribution in [-0.2, 0) is 0 Å². The summed E-state index contributed by atoms with van der Waals surface area (Å²) in [4.78, 5) is 0. The third kappa shape index (κ3) is 1.98. The average molecular weight is 194 g/mol. The van der Waals surface area contributed by atoms with Gasteiger partial charge in [-0.2, -0.15) is 0 Å². The Kier molecular flexibility index (Phi) is 2.87. The van der Waals surface area contributed by atoms with Gasteiger partial charge in [-0.05, 0) is 6.07 Å². The van der Waals surface area contributed by atoms with Crippen molar-refractivity contribution < 1.29 is 22.7 Å². The van der Waals surface area contributed by atoms with E-state index >= 15 is 0 Å². The molecular weight excluding hydrogens is 188 g/mol. The average Bonchev–Trinajstić information content (AvgIpc) is 2.08. The molecule has 0 fully saturated rings. The van der Waals surface area contributed by atoms with Gasteiger partial charge < -0.3 is 5.11 Å². The Bertz CT molecular complexity index is 300. The van der Waals surface area contributed by atoms with Crippen molar-refractivity contribution in [1.29, 1.82) is 0 Å². The Morgan fingerprint density at radius 1 is 1.15 bits per heavy atom. The van der Waals surface area contributed by atoms with E-state index in [1.807, 2.05) is 0 Å². The Balaban J connectivity index is 3.07. The van der Waals surface area contributed by atoms with Crippen LogP contribution in [-0.4, -0.2) is 11.5 Å². The quantitative estimate of drug-likeness (QED) is 0.716. The summed E-state index contributed by atoms with van der Waals surface area (Å²) in [6.45, 7) is 0. The third-order valence-electron chi connectivity index (χ3n) is 1.54. The maximum absolute atomic E-state index is 12.7. The van der Waals surface area contributed by atoms with Crippen molar-refractivity contribution in [3.63, 3.8) is 0 Å². The molecule has 0 aliphatic carbocycles. The highest BCUT2D eigenvalue weighted by Crippen LogP contribution is 2.23. The van der Waals surface area contributed by atoms with Gasteiger partial charge in [0.05, 0.1) is 0 Å². The van der Waals surface area contributed by atoms with Crippen LogP contribution in [0.1, 0.15) is 11.7 Å². The molecule has 72 valence electrons. The fourth-order valence-corrected chi connectivity index (χ4v) is 0.885. The van der Waals surface area contributed by atoms with Crippen molar-refractivity contribution in [2.24, 2.45) is 0 Å². The lowest BCUT2D eigenvalue weighted by Gasteiger charge is -2.10. The van der Waals surface area contributed by atoms with Crippen LogP contribution in [0.2, 0.25) is 0 Å². The lowest BCUT2D eigenvalue weighted by atomic mass is 10.1. The van der Waals surface area contributed by atoms with Gasteiger partial charge in [0.25, 0.3) is 6.43 Å². The lowest BCUT2D eigenvalue weighted by Crippen LogP contribution is -2.10. The van der Waals surface area contributed by atoms with Gasteiger partial charge in [-0.3, -0.25) is 0 Å². The monoisotopic (exact) mass is 194 g/mol. The highest BCUT2D eigenvalue weighted by atomic mass is 19.3. The van der Waals surface area contributed by atoms with E-state index in [0.717, 1.165) is 18.2 Å². The SMILES string of the molecule is O[C@@H](c1cccc(F)c1F)C(F)F. The van der Waals surface area contributed by atoms with E-state index in [2.05, 4.69) is 0 Å². The largest absolute Gasteiger partial charge is 0.382 e. The maximum atomic E-state index is 12.7. The van der Waals surface area contributed by atoms with Crippen LogP contribution in [0.15, 0.2) is 18.2 Å². The second-order valence-electron chi connectivity index (χ2n) is 2.42. The van der Waals surface area contributed by atoms with Crippen LogP contribution >= 0.6 is 0 Å². The van der Waals surface area contributed by atoms with E-state index < -0.39 is 29.7 Å². The van der Waals surface area contributed by atoms with Crippen molar-refractivity contribution in [2.75, 3.05) is 0 Å². The Morgan fingerprint density at radius 3 is 2.31 bits per heavy atom. The smallest absolute Gasteiger partial charge is 0.268 e. The fraction of sp³-hybridized carbons (Fsp3) is 0.250. The molecule has 0 unspecified atom stereocenters. The van der Waals surface area contributed by atoms with Crippen LogP contribution in [0.4, 0.5) is 17.6 Å². The molecule has 5 heteroatoms. The second-order valence-corrected chi connectivity index (χ2v) is 2.42. The molecule has 0 saturated carbocycles. The van der Waals surface area contributed by atoms with Gasteiger partial charge in [0.15, 0.2) is 11.6 Å². The summed E-state index contributed by atoms with van der Waals surface area (Å²) in [6.07, 6.45) is -5.41. The van der Waals surface area contributed by atoms with E-state index in [1.54, 1.807) is 0 Å². The summed E-state index contributed by atoms with van der Waals surface area (Å²) in [5.41, 5.74) is -0.727. The number of halogens is 4. The molecule has 0 saturated heterocycles. The van der Waals surface area contributed by atoms with Crippen molar-refractivity contribution in [3.8, 4) is 0 Å². The summed E-state index contributed by atoms with van der Waals surface area (Å²) in [5.74, 6) is -2.69. The molecule has 1 nitrogen and oxygen atoms in total. The number of rotatable bonds is 2. The Labute approximate surface area is 71.6 Å². The zero-order valence-corrected chi connectivity index (χ0v) is 6.35. The highest BCUT2D eigenvalue weighted by Gasteiger charge is 2.23. The molecule has 0 aliphatic heterocycles. The topological polar surface area (TPSA) is 20.2 Å². The van der Waals surface area contributed by atoms with Crippen molar-refractivity contribution in [3.05, 3.63) is 35.4 Å². The number of aliphatic hydroxyl groups excluding tert-OH is 1. The first kappa shape index (κ1) is 9.98. The molecular formula is C8H6F4O. The van der Waals surface area contributed by atoms with Crippen LogP contribution in [0.25, 0.3) is 0 Å². The van der Waals surface area contributed by atoms with Crippen LogP contribution in [0, 0.1) is 11.6 Å². The first-order valence-corrected chi connectivity index (χ1v) is 3.44. The molecule has 1 rings (SSSR count). The van der Waals surface area contributed by atoms with E-state index in [0.29, 0.717) is 0 Å². The molecule has 0 spiro atoms. The minimum atomic E-state index is -3.13. The highest BCUT2D eigenvalue weighted by molar-refractivity contribution is 5.21. The summed E-state index contributed by atoms with van der Waals surface area (Å²) in [5, 5.41) is 8.75. The summed E-state index contributed by atoms with van der Waals surface area (Å²) in [6, 6.07) is 2.76.